The molecule has 0 saturated heterocycles. The van der Waals surface area contributed by atoms with Crippen LogP contribution in [0.1, 0.15) is 15.9 Å². The fraction of sp³-hybridized carbons (Fsp3) is 0.0455. The Balaban J connectivity index is 0.000000190. The Morgan fingerprint density at radius 3 is 2.31 bits per heavy atom. The van der Waals surface area contributed by atoms with Gasteiger partial charge in [-0.3, -0.25) is 4.79 Å². The molecule has 0 bridgehead atoms. The summed E-state index contributed by atoms with van der Waals surface area (Å²) in [7, 11) is 1.53. The zero-order valence-corrected chi connectivity index (χ0v) is 16.0. The summed E-state index contributed by atoms with van der Waals surface area (Å²) < 4.78 is 13.0. The number of hydrogen-bond acceptors (Lipinski definition) is 1. The molecule has 1 amide bonds. The fourth-order valence-corrected chi connectivity index (χ4v) is 2.64. The second-order valence-electron chi connectivity index (χ2n) is 5.40. The van der Waals surface area contributed by atoms with Gasteiger partial charge in [-0.2, -0.15) is 0 Å². The summed E-state index contributed by atoms with van der Waals surface area (Å²) in [6.45, 7) is 3.77. The van der Waals surface area contributed by atoms with E-state index in [2.05, 4.69) is 76.4 Å². The lowest BCUT2D eigenvalue weighted by Crippen LogP contribution is -2.17. The van der Waals surface area contributed by atoms with Crippen molar-refractivity contribution in [2.75, 3.05) is 7.05 Å². The van der Waals surface area contributed by atoms with Gasteiger partial charge in [0.05, 0.1) is 4.47 Å². The first-order valence-electron chi connectivity index (χ1n) is 8.00. The highest BCUT2D eigenvalue weighted by atomic mass is 79.9. The van der Waals surface area contributed by atoms with Crippen molar-refractivity contribution in [1.29, 1.82) is 0 Å². The van der Waals surface area contributed by atoms with Gasteiger partial charge < -0.3 is 5.32 Å². The van der Waals surface area contributed by atoms with Gasteiger partial charge in [0.2, 0.25) is 0 Å². The van der Waals surface area contributed by atoms with Gasteiger partial charge >= 0.3 is 0 Å². The third kappa shape index (κ3) is 5.39. The number of benzene rings is 3. The summed E-state index contributed by atoms with van der Waals surface area (Å²) in [5.74, 6) is -0.599. The number of nitrogens with one attached hydrogen (secondary N) is 1. The van der Waals surface area contributed by atoms with E-state index >= 15 is 0 Å². The van der Waals surface area contributed by atoms with E-state index in [4.69, 9.17) is 0 Å². The van der Waals surface area contributed by atoms with E-state index in [-0.39, 0.29) is 11.7 Å². The lowest BCUT2D eigenvalue weighted by Gasteiger charge is -2.01. The van der Waals surface area contributed by atoms with Crippen molar-refractivity contribution in [3.8, 4) is 11.1 Å². The third-order valence-corrected chi connectivity index (χ3v) is 4.25. The Morgan fingerprint density at radius 1 is 1.00 bits per heavy atom. The molecule has 3 aromatic rings. The van der Waals surface area contributed by atoms with Gasteiger partial charge in [-0.25, -0.2) is 4.39 Å². The molecule has 132 valence electrons. The predicted octanol–water partition coefficient (Wildman–Crippen LogP) is 5.94. The maximum atomic E-state index is 12.7. The van der Waals surface area contributed by atoms with Crippen LogP contribution < -0.4 is 5.32 Å². The molecule has 2 nitrogen and oxygen atoms in total. The quantitative estimate of drug-likeness (QED) is 0.567. The third-order valence-electron chi connectivity index (χ3n) is 3.64. The second kappa shape index (κ2) is 9.68. The molecule has 0 spiro atoms. The van der Waals surface area contributed by atoms with Crippen LogP contribution in [0.4, 0.5) is 4.39 Å². The predicted molar refractivity (Wildman–Crippen MR) is 109 cm³/mol. The van der Waals surface area contributed by atoms with Gasteiger partial charge in [-0.15, -0.1) is 0 Å². The molecule has 3 rings (SSSR count). The molecular weight excluding hydrogens is 393 g/mol. The maximum Gasteiger partial charge on any atom is 0.251 e. The topological polar surface area (TPSA) is 29.1 Å². The van der Waals surface area contributed by atoms with Crippen LogP contribution in [0, 0.1) is 5.82 Å². The zero-order chi connectivity index (χ0) is 18.9. The van der Waals surface area contributed by atoms with Crippen molar-refractivity contribution in [3.63, 3.8) is 0 Å². The van der Waals surface area contributed by atoms with Crippen LogP contribution in [-0.4, -0.2) is 13.0 Å². The molecule has 0 aliphatic heterocycles. The van der Waals surface area contributed by atoms with Gasteiger partial charge in [-0.05, 0) is 56.9 Å². The summed E-state index contributed by atoms with van der Waals surface area (Å²) >= 11 is 2.99. The highest BCUT2D eigenvalue weighted by Crippen LogP contribution is 2.20. The van der Waals surface area contributed by atoms with Crippen LogP contribution in [0.2, 0.25) is 0 Å². The minimum Gasteiger partial charge on any atom is -0.355 e. The van der Waals surface area contributed by atoms with E-state index in [1.54, 1.807) is 0 Å². The number of amides is 1. The average Bonchev–Trinajstić information content (AvgIpc) is 2.70. The number of rotatable bonds is 3. The smallest absolute Gasteiger partial charge is 0.251 e. The van der Waals surface area contributed by atoms with Gasteiger partial charge in [-0.1, -0.05) is 61.2 Å². The van der Waals surface area contributed by atoms with E-state index in [1.807, 2.05) is 12.1 Å². The normalized spacial score (nSPS) is 9.65. The average molecular weight is 412 g/mol. The summed E-state index contributed by atoms with van der Waals surface area (Å²) in [5, 5.41) is 2.45. The molecule has 0 heterocycles. The second-order valence-corrected chi connectivity index (χ2v) is 6.26. The molecule has 0 unspecified atom stereocenters. The Kier molecular flexibility index (Phi) is 7.30. The summed E-state index contributed by atoms with van der Waals surface area (Å²) in [4.78, 5) is 11.0. The Bertz CT molecular complexity index is 894. The lowest BCUT2D eigenvalue weighted by molar-refractivity contribution is 0.0963. The van der Waals surface area contributed by atoms with Crippen LogP contribution in [-0.2, 0) is 0 Å². The fourth-order valence-electron chi connectivity index (χ4n) is 2.26. The summed E-state index contributed by atoms with van der Waals surface area (Å²) in [6.07, 6.45) is 1.87. The minimum absolute atomic E-state index is 0.226. The molecule has 3 aromatic carbocycles. The zero-order valence-electron chi connectivity index (χ0n) is 14.4. The SMILES string of the molecule is C=Cc1cccc(-c2ccccc2)c1.CNC(=O)c1ccc(F)c(Br)c1. The lowest BCUT2D eigenvalue weighted by atomic mass is 10.0. The number of hydrogen-bond donors (Lipinski definition) is 1. The van der Waals surface area contributed by atoms with Gasteiger partial charge in [0.15, 0.2) is 0 Å². The molecule has 0 radical (unpaired) electrons. The van der Waals surface area contributed by atoms with Crippen molar-refractivity contribution in [2.45, 2.75) is 0 Å². The molecule has 1 N–H and O–H groups in total. The van der Waals surface area contributed by atoms with Crippen molar-refractivity contribution < 1.29 is 9.18 Å². The largest absolute Gasteiger partial charge is 0.355 e. The Labute approximate surface area is 161 Å². The molecule has 0 atom stereocenters. The molecule has 0 fully saturated rings. The van der Waals surface area contributed by atoms with Crippen molar-refractivity contribution >= 4 is 27.9 Å². The van der Waals surface area contributed by atoms with Crippen LogP contribution in [0.5, 0.6) is 0 Å². The first-order chi connectivity index (χ1) is 12.5. The monoisotopic (exact) mass is 411 g/mol. The number of halogens is 2. The molecule has 4 heteroatoms. The van der Waals surface area contributed by atoms with Crippen LogP contribution >= 0.6 is 15.9 Å². The Morgan fingerprint density at radius 2 is 1.69 bits per heavy atom. The van der Waals surface area contributed by atoms with Crippen molar-refractivity contribution in [3.05, 3.63) is 101 Å². The summed E-state index contributed by atoms with van der Waals surface area (Å²) in [5.41, 5.74) is 4.08. The van der Waals surface area contributed by atoms with Crippen LogP contribution in [0.25, 0.3) is 17.2 Å². The van der Waals surface area contributed by atoms with Gasteiger partial charge in [0.1, 0.15) is 5.82 Å². The van der Waals surface area contributed by atoms with E-state index in [1.165, 1.54) is 36.4 Å². The molecule has 26 heavy (non-hydrogen) atoms. The van der Waals surface area contributed by atoms with E-state index in [0.29, 0.717) is 10.0 Å². The standard InChI is InChI=1S/C14H12.C8H7BrFNO/c1-2-12-7-6-10-14(11-12)13-8-4-3-5-9-13;1-11-8(12)5-2-3-7(10)6(9)4-5/h2-11H,1H2;2-4H,1H3,(H,11,12). The van der Waals surface area contributed by atoms with E-state index in [0.717, 1.165) is 5.56 Å². The van der Waals surface area contributed by atoms with Gasteiger partial charge in [0, 0.05) is 12.6 Å². The number of carbonyl (C=O) groups excluding carboxylic acids is 1. The minimum atomic E-state index is -0.373. The van der Waals surface area contributed by atoms with E-state index < -0.39 is 0 Å². The molecule has 0 aliphatic carbocycles. The highest BCUT2D eigenvalue weighted by molar-refractivity contribution is 9.10. The molecule has 0 aromatic heterocycles. The summed E-state index contributed by atoms with van der Waals surface area (Å²) in [6, 6.07) is 22.8. The molecule has 0 saturated carbocycles. The van der Waals surface area contributed by atoms with Crippen LogP contribution in [0.3, 0.4) is 0 Å². The Hall–Kier alpha value is -2.72. The van der Waals surface area contributed by atoms with Crippen LogP contribution in [0.15, 0.2) is 83.8 Å². The number of carbonyl (C=O) groups is 1. The van der Waals surface area contributed by atoms with Crippen molar-refractivity contribution in [1.82, 2.24) is 5.32 Å². The van der Waals surface area contributed by atoms with E-state index in [9.17, 15) is 9.18 Å². The first-order valence-corrected chi connectivity index (χ1v) is 8.79. The maximum absolute atomic E-state index is 12.7. The highest BCUT2D eigenvalue weighted by Gasteiger charge is 2.05. The molecule has 0 aliphatic rings. The molecular formula is C22H19BrFNO. The van der Waals surface area contributed by atoms with Crippen molar-refractivity contribution in [2.24, 2.45) is 0 Å². The van der Waals surface area contributed by atoms with Gasteiger partial charge in [0.25, 0.3) is 5.91 Å². The first kappa shape index (κ1) is 19.6.